The summed E-state index contributed by atoms with van der Waals surface area (Å²) in [7, 11) is -3.83. The zero-order valence-corrected chi connectivity index (χ0v) is 32.4. The van der Waals surface area contributed by atoms with Crippen molar-refractivity contribution in [2.24, 2.45) is 0 Å². The van der Waals surface area contributed by atoms with Gasteiger partial charge in [0, 0.05) is 23.3 Å². The number of hydrogen-bond acceptors (Lipinski definition) is 4. The highest BCUT2D eigenvalue weighted by molar-refractivity contribution is 6.78. The van der Waals surface area contributed by atoms with Crippen LogP contribution in [0.4, 0.5) is 0 Å². The molecule has 0 unspecified atom stereocenters. The lowest BCUT2D eigenvalue weighted by molar-refractivity contribution is 0.280. The third-order valence-electron chi connectivity index (χ3n) is 9.34. The Balaban J connectivity index is 2.11. The second kappa shape index (κ2) is 17.1. The Morgan fingerprint density at radius 3 is 1.12 bits per heavy atom. The molecule has 0 N–H and O–H groups in total. The number of rotatable bonds is 18. The van der Waals surface area contributed by atoms with Crippen molar-refractivity contribution < 1.29 is 18.2 Å². The van der Waals surface area contributed by atoms with Crippen molar-refractivity contribution in [1.82, 2.24) is 0 Å². The molecular weight excluding hydrogens is 610 g/mol. The Morgan fingerprint density at radius 2 is 0.837 bits per heavy atom. The van der Waals surface area contributed by atoms with Crippen molar-refractivity contribution in [3.8, 4) is 11.5 Å². The van der Waals surface area contributed by atoms with Gasteiger partial charge in [0.05, 0.1) is 0 Å². The van der Waals surface area contributed by atoms with Gasteiger partial charge in [0.2, 0.25) is 0 Å². The van der Waals surface area contributed by atoms with E-state index in [1.165, 1.54) is 0 Å². The van der Waals surface area contributed by atoms with Crippen LogP contribution in [-0.2, 0) is 21.7 Å². The lowest BCUT2D eigenvalue weighted by Gasteiger charge is -2.42. The summed E-state index contributed by atoms with van der Waals surface area (Å²) < 4.78 is 26.0. The molecule has 0 fully saturated rings. The Labute approximate surface area is 276 Å². The summed E-state index contributed by atoms with van der Waals surface area (Å²) in [5, 5.41) is 1.37. The first-order valence-electron chi connectivity index (χ1n) is 16.2. The van der Waals surface area contributed by atoms with Crippen LogP contribution in [0.5, 0.6) is 11.5 Å². The molecule has 0 amide bonds. The predicted molar refractivity (Wildman–Crippen MR) is 193 cm³/mol. The van der Waals surface area contributed by atoms with E-state index in [-0.39, 0.29) is 7.69 Å². The largest absolute Gasteiger partial charge is 0.576 e. The average Bonchev–Trinajstić information content (AvgIpc) is 2.90. The van der Waals surface area contributed by atoms with E-state index < -0.39 is 16.6 Å². The van der Waals surface area contributed by atoms with E-state index in [1.807, 2.05) is 36.4 Å². The maximum absolute atomic E-state index is 6.81. The topological polar surface area (TPSA) is 36.9 Å². The van der Waals surface area contributed by atoms with E-state index in [0.717, 1.165) is 35.5 Å². The van der Waals surface area contributed by atoms with Crippen LogP contribution < -0.4 is 9.31 Å². The molecule has 0 bridgehead atoms. The minimum atomic E-state index is -1.95. The molecule has 0 heterocycles. The van der Waals surface area contributed by atoms with Crippen molar-refractivity contribution in [2.75, 3.05) is 13.2 Å². The van der Waals surface area contributed by atoms with Crippen molar-refractivity contribution >= 4 is 47.5 Å². The second-order valence-electron chi connectivity index (χ2n) is 13.7. The zero-order chi connectivity index (χ0) is 32.5. The minimum absolute atomic E-state index is 0.0797. The molecule has 4 nitrogen and oxygen atoms in total. The first-order valence-corrected chi connectivity index (χ1v) is 21.2. The zero-order valence-electron chi connectivity index (χ0n) is 28.9. The van der Waals surface area contributed by atoms with Crippen molar-refractivity contribution in [3.63, 3.8) is 0 Å². The monoisotopic (exact) mass is 666 g/mol. The summed E-state index contributed by atoms with van der Waals surface area (Å²) in [5.74, 6) is 1.53. The minimum Gasteiger partial charge on any atom is -0.528 e. The van der Waals surface area contributed by atoms with Gasteiger partial charge in [-0.25, -0.2) is 0 Å². The fraction of sp³-hybridized carbons (Fsp3) is 0.647. The van der Waals surface area contributed by atoms with E-state index in [2.05, 4.69) is 83.1 Å². The molecule has 0 radical (unpaired) electrons. The smallest absolute Gasteiger partial charge is 0.528 e. The standard InChI is InChI=1S/C34H57BCl2O4Si2/c1-23(2)42(24(3)4,25(5)6)38-19-17-29-21-31(36)13-15-33(29)40-35-41-34-16-14-32(37)22-30(34)18-20-39-43(26(7)8,27(9)10)28(11)12/h13-16,21-28,35H,17-20H2,1-12H3. The van der Waals surface area contributed by atoms with E-state index in [0.29, 0.717) is 56.5 Å². The van der Waals surface area contributed by atoms with Crippen molar-refractivity contribution in [2.45, 2.75) is 129 Å². The molecule has 0 aliphatic rings. The summed E-state index contributed by atoms with van der Waals surface area (Å²) >= 11 is 12.8. The summed E-state index contributed by atoms with van der Waals surface area (Å²) in [6.07, 6.45) is 1.46. The van der Waals surface area contributed by atoms with E-state index >= 15 is 0 Å². The Morgan fingerprint density at radius 1 is 0.535 bits per heavy atom. The SMILES string of the molecule is CC(C)[Si](OCCc1cc(Cl)ccc1OBOc1ccc(Cl)cc1CCO[Si](C(C)C)(C(C)C)C(C)C)(C(C)C)C(C)C. The molecule has 2 aromatic carbocycles. The number of halogens is 2. The molecule has 2 rings (SSSR count). The molecule has 0 saturated heterocycles. The highest BCUT2D eigenvalue weighted by Crippen LogP contribution is 2.43. The van der Waals surface area contributed by atoms with Crippen LogP contribution in [-0.4, -0.2) is 37.5 Å². The molecule has 0 aliphatic carbocycles. The molecule has 2 aromatic rings. The van der Waals surface area contributed by atoms with E-state index in [4.69, 9.17) is 41.4 Å². The number of hydrogen-bond donors (Lipinski definition) is 0. The third kappa shape index (κ3) is 9.52. The van der Waals surface area contributed by atoms with Gasteiger partial charge >= 0.3 is 7.69 Å². The van der Waals surface area contributed by atoms with Gasteiger partial charge in [-0.3, -0.25) is 0 Å². The molecule has 0 aromatic heterocycles. The highest BCUT2D eigenvalue weighted by Gasteiger charge is 2.45. The van der Waals surface area contributed by atoms with Gasteiger partial charge in [-0.15, -0.1) is 0 Å². The molecule has 9 heteroatoms. The summed E-state index contributed by atoms with van der Waals surface area (Å²) in [6.45, 7) is 29.0. The lowest BCUT2D eigenvalue weighted by Crippen LogP contribution is -2.48. The molecular formula is C34H57BCl2O4Si2. The van der Waals surface area contributed by atoms with E-state index in [1.54, 1.807) is 0 Å². The fourth-order valence-electron chi connectivity index (χ4n) is 7.60. The first kappa shape index (κ1) is 38.2. The van der Waals surface area contributed by atoms with Crippen LogP contribution in [0, 0.1) is 0 Å². The van der Waals surface area contributed by atoms with Gasteiger partial charge in [0.1, 0.15) is 11.5 Å². The van der Waals surface area contributed by atoms with Gasteiger partial charge in [0.25, 0.3) is 0 Å². The first-order chi connectivity index (χ1) is 20.1. The fourth-order valence-corrected chi connectivity index (χ4v) is 18.9. The quantitative estimate of drug-likeness (QED) is 0.148. The van der Waals surface area contributed by atoms with Crippen molar-refractivity contribution in [1.29, 1.82) is 0 Å². The van der Waals surface area contributed by atoms with E-state index in [9.17, 15) is 0 Å². The molecule has 0 atom stereocenters. The van der Waals surface area contributed by atoms with Gasteiger partial charge in [0.15, 0.2) is 16.6 Å². The predicted octanol–water partition coefficient (Wildman–Crippen LogP) is 11.2. The molecule has 0 spiro atoms. The highest BCUT2D eigenvalue weighted by atomic mass is 35.5. The average molecular weight is 668 g/mol. The van der Waals surface area contributed by atoms with Gasteiger partial charge in [-0.1, -0.05) is 106 Å². The summed E-state index contributed by atoms with van der Waals surface area (Å²) in [4.78, 5) is 0. The Kier molecular flexibility index (Phi) is 15.2. The molecule has 0 saturated carbocycles. The normalized spacial score (nSPS) is 12.8. The Bertz CT molecular complexity index is 1010. The summed E-state index contributed by atoms with van der Waals surface area (Å²) in [6, 6.07) is 11.5. The molecule has 242 valence electrons. The van der Waals surface area contributed by atoms with Gasteiger partial charge in [-0.2, -0.15) is 0 Å². The van der Waals surface area contributed by atoms with Crippen LogP contribution in [0.25, 0.3) is 0 Å². The van der Waals surface area contributed by atoms with Crippen LogP contribution in [0.2, 0.25) is 43.3 Å². The maximum atomic E-state index is 6.81. The summed E-state index contributed by atoms with van der Waals surface area (Å²) in [5.41, 5.74) is 5.27. The van der Waals surface area contributed by atoms with Crippen LogP contribution >= 0.6 is 23.2 Å². The third-order valence-corrected chi connectivity index (χ3v) is 22.0. The Hall–Kier alpha value is -0.961. The van der Waals surface area contributed by atoms with Gasteiger partial charge in [-0.05, 0) is 93.6 Å². The van der Waals surface area contributed by atoms with Crippen molar-refractivity contribution in [3.05, 3.63) is 57.6 Å². The second-order valence-corrected chi connectivity index (χ2v) is 25.5. The van der Waals surface area contributed by atoms with Gasteiger partial charge < -0.3 is 18.2 Å². The number of benzene rings is 2. The van der Waals surface area contributed by atoms with Crippen LogP contribution in [0.1, 0.15) is 94.2 Å². The lowest BCUT2D eigenvalue weighted by atomic mass is 10.1. The molecule has 0 aliphatic heterocycles. The van der Waals surface area contributed by atoms with Crippen LogP contribution in [0.15, 0.2) is 36.4 Å². The van der Waals surface area contributed by atoms with Crippen LogP contribution in [0.3, 0.4) is 0 Å². The molecule has 43 heavy (non-hydrogen) atoms. The maximum Gasteiger partial charge on any atom is 0.576 e.